The molecule has 1 aliphatic heterocycles. The van der Waals surface area contributed by atoms with Gasteiger partial charge < -0.3 is 14.2 Å². The number of ether oxygens (including phenoxy) is 3. The number of hydrogen-bond acceptors (Lipinski definition) is 7. The Morgan fingerprint density at radius 1 is 1.05 bits per heavy atom. The summed E-state index contributed by atoms with van der Waals surface area (Å²) in [6.45, 7) is 8.45. The molecule has 0 amide bonds. The van der Waals surface area contributed by atoms with Gasteiger partial charge in [-0.25, -0.2) is 9.79 Å². The van der Waals surface area contributed by atoms with Crippen molar-refractivity contribution in [2.24, 2.45) is 4.99 Å². The number of esters is 1. The van der Waals surface area contributed by atoms with Crippen LogP contribution in [0.25, 0.3) is 6.08 Å². The first kappa shape index (κ1) is 29.1. The third kappa shape index (κ3) is 5.94. The number of thiazole rings is 1. The summed E-state index contributed by atoms with van der Waals surface area (Å²) in [5.41, 5.74) is 4.52. The molecule has 216 valence electrons. The Kier molecular flexibility index (Phi) is 8.73. The fourth-order valence-corrected chi connectivity index (χ4v) is 6.00. The summed E-state index contributed by atoms with van der Waals surface area (Å²) in [4.78, 5) is 32.3. The van der Waals surface area contributed by atoms with Gasteiger partial charge >= 0.3 is 5.97 Å². The summed E-state index contributed by atoms with van der Waals surface area (Å²) < 4.78 is 19.1. The zero-order valence-corrected chi connectivity index (χ0v) is 25.2. The fraction of sp³-hybridized carbons (Fsp3) is 0.265. The fourth-order valence-electron chi connectivity index (χ4n) is 4.95. The topological polar surface area (TPSA) is 79.1 Å². The van der Waals surface area contributed by atoms with E-state index in [4.69, 9.17) is 14.2 Å². The normalized spacial score (nSPS) is 14.9. The highest BCUT2D eigenvalue weighted by atomic mass is 32.1. The lowest BCUT2D eigenvalue weighted by Crippen LogP contribution is -2.39. The van der Waals surface area contributed by atoms with Gasteiger partial charge in [-0.3, -0.25) is 9.36 Å². The average Bonchev–Trinajstić information content (AvgIpc) is 3.30. The van der Waals surface area contributed by atoms with Crippen molar-refractivity contribution in [3.63, 3.8) is 0 Å². The molecule has 2 heterocycles. The zero-order chi connectivity index (χ0) is 29.8. The number of carbonyl (C=O) groups is 1. The van der Waals surface area contributed by atoms with Gasteiger partial charge in [0.1, 0.15) is 6.61 Å². The van der Waals surface area contributed by atoms with Gasteiger partial charge in [-0.05, 0) is 60.2 Å². The second-order valence-corrected chi connectivity index (χ2v) is 11.3. The predicted octanol–water partition coefficient (Wildman–Crippen LogP) is 5.51. The summed E-state index contributed by atoms with van der Waals surface area (Å²) in [7, 11) is 1.59. The molecule has 1 aromatic heterocycles. The van der Waals surface area contributed by atoms with Crippen LogP contribution in [0.4, 0.5) is 0 Å². The van der Waals surface area contributed by atoms with E-state index in [9.17, 15) is 9.59 Å². The second-order valence-electron chi connectivity index (χ2n) is 10.3. The maximum Gasteiger partial charge on any atom is 0.338 e. The minimum Gasteiger partial charge on any atom is -0.493 e. The lowest BCUT2D eigenvalue weighted by Gasteiger charge is -2.25. The number of aromatic nitrogens is 1. The molecule has 4 aromatic rings. The molecule has 0 spiro atoms. The summed E-state index contributed by atoms with van der Waals surface area (Å²) in [6.07, 6.45) is 1.82. The highest BCUT2D eigenvalue weighted by molar-refractivity contribution is 7.07. The number of hydrogen-bond donors (Lipinski definition) is 0. The highest BCUT2D eigenvalue weighted by Gasteiger charge is 2.33. The van der Waals surface area contributed by atoms with Crippen LogP contribution in [0.2, 0.25) is 0 Å². The molecule has 0 fully saturated rings. The van der Waals surface area contributed by atoms with E-state index in [1.807, 2.05) is 78.9 Å². The summed E-state index contributed by atoms with van der Waals surface area (Å²) >= 11 is 1.29. The van der Waals surface area contributed by atoms with Crippen molar-refractivity contribution in [1.82, 2.24) is 4.57 Å². The van der Waals surface area contributed by atoms with Crippen LogP contribution in [0, 0.1) is 0 Å². The van der Waals surface area contributed by atoms with Gasteiger partial charge in [-0.2, -0.15) is 0 Å². The Balaban J connectivity index is 1.55. The van der Waals surface area contributed by atoms with Gasteiger partial charge in [0.15, 0.2) is 16.3 Å². The van der Waals surface area contributed by atoms with Crippen LogP contribution in [0.15, 0.2) is 93.9 Å². The third-order valence-corrected chi connectivity index (χ3v) is 8.14. The monoisotopic (exact) mass is 582 g/mol. The number of rotatable bonds is 9. The van der Waals surface area contributed by atoms with Crippen LogP contribution in [-0.4, -0.2) is 24.3 Å². The van der Waals surface area contributed by atoms with Crippen molar-refractivity contribution in [1.29, 1.82) is 0 Å². The van der Waals surface area contributed by atoms with Crippen molar-refractivity contribution in [2.45, 2.75) is 46.3 Å². The van der Waals surface area contributed by atoms with Gasteiger partial charge in [0.05, 0.1) is 35.6 Å². The minimum atomic E-state index is -0.646. The summed E-state index contributed by atoms with van der Waals surface area (Å²) in [6, 6.07) is 22.9. The van der Waals surface area contributed by atoms with E-state index in [2.05, 4.69) is 18.8 Å². The Bertz CT molecular complexity index is 1800. The van der Waals surface area contributed by atoms with E-state index in [-0.39, 0.29) is 12.2 Å². The van der Waals surface area contributed by atoms with Gasteiger partial charge in [-0.1, -0.05) is 85.8 Å². The largest absolute Gasteiger partial charge is 0.493 e. The van der Waals surface area contributed by atoms with E-state index >= 15 is 0 Å². The Hall–Kier alpha value is -4.43. The van der Waals surface area contributed by atoms with Crippen molar-refractivity contribution in [3.8, 4) is 11.5 Å². The van der Waals surface area contributed by atoms with Crippen molar-refractivity contribution in [3.05, 3.63) is 126 Å². The molecule has 7 nitrogen and oxygen atoms in total. The maximum absolute atomic E-state index is 13.9. The first-order valence-electron chi connectivity index (χ1n) is 13.9. The lowest BCUT2D eigenvalue weighted by molar-refractivity contribution is -0.139. The number of methoxy groups -OCH3 is 1. The molecule has 0 saturated carbocycles. The molecule has 0 aliphatic carbocycles. The van der Waals surface area contributed by atoms with Crippen LogP contribution >= 0.6 is 11.3 Å². The number of allylic oxidation sites excluding steroid dienone is 1. The lowest BCUT2D eigenvalue weighted by atomic mass is 9.93. The quantitative estimate of drug-likeness (QED) is 0.243. The molecule has 1 atom stereocenters. The molecular formula is C34H34N2O5S. The van der Waals surface area contributed by atoms with Crippen molar-refractivity contribution >= 4 is 23.4 Å². The second kappa shape index (κ2) is 12.6. The molecule has 8 heteroatoms. The number of nitrogens with zero attached hydrogens (tertiary/aromatic N) is 2. The van der Waals surface area contributed by atoms with Gasteiger partial charge in [-0.15, -0.1) is 0 Å². The molecule has 0 saturated heterocycles. The summed E-state index contributed by atoms with van der Waals surface area (Å²) in [5.74, 6) is 1.06. The number of benzene rings is 3. The minimum absolute atomic E-state index is 0.227. The van der Waals surface area contributed by atoms with E-state index < -0.39 is 12.0 Å². The van der Waals surface area contributed by atoms with E-state index in [0.717, 1.165) is 16.7 Å². The highest BCUT2D eigenvalue weighted by Crippen LogP contribution is 2.32. The SMILES string of the molecule is CCOC(=O)C1=C(C)N=c2s/c(=C\c3ccc(OCc4ccccc4)c(OC)c3)c(=O)n2[C@@H]1c1ccc(C(C)C)cc1. The Morgan fingerprint density at radius 2 is 1.79 bits per heavy atom. The van der Waals surface area contributed by atoms with Crippen LogP contribution < -0.4 is 24.4 Å². The first-order chi connectivity index (χ1) is 20.3. The molecule has 0 N–H and O–H groups in total. The average molecular weight is 583 g/mol. The van der Waals surface area contributed by atoms with Crippen LogP contribution in [-0.2, 0) is 16.1 Å². The van der Waals surface area contributed by atoms with Crippen LogP contribution in [0.1, 0.15) is 61.9 Å². The van der Waals surface area contributed by atoms with Crippen LogP contribution in [0.5, 0.6) is 11.5 Å². The van der Waals surface area contributed by atoms with Gasteiger partial charge in [0.2, 0.25) is 0 Å². The molecule has 0 bridgehead atoms. The smallest absolute Gasteiger partial charge is 0.338 e. The number of fused-ring (bicyclic) bond motifs is 1. The Morgan fingerprint density at radius 3 is 2.45 bits per heavy atom. The zero-order valence-electron chi connectivity index (χ0n) is 24.4. The predicted molar refractivity (Wildman–Crippen MR) is 165 cm³/mol. The van der Waals surface area contributed by atoms with Gasteiger partial charge in [0, 0.05) is 0 Å². The van der Waals surface area contributed by atoms with Crippen molar-refractivity contribution in [2.75, 3.05) is 13.7 Å². The molecule has 3 aromatic carbocycles. The van der Waals surface area contributed by atoms with Crippen molar-refractivity contribution < 1.29 is 19.0 Å². The third-order valence-electron chi connectivity index (χ3n) is 7.16. The molecule has 0 unspecified atom stereocenters. The van der Waals surface area contributed by atoms with E-state index in [1.54, 1.807) is 25.5 Å². The first-order valence-corrected chi connectivity index (χ1v) is 14.8. The standard InChI is InChI=1S/C34H34N2O5S/c1-6-40-33(38)30-22(4)35-34-36(31(30)26-15-13-25(14-16-26)21(2)3)32(37)29(42-34)19-24-12-17-27(28(18-24)39-5)41-20-23-10-8-7-9-11-23/h7-19,21,31H,6,20H2,1-5H3/b29-19-/t31-/m1/s1. The van der Waals surface area contributed by atoms with Crippen LogP contribution in [0.3, 0.4) is 0 Å². The van der Waals surface area contributed by atoms with E-state index in [1.165, 1.54) is 16.9 Å². The number of carbonyl (C=O) groups excluding carboxylic acids is 1. The summed E-state index contributed by atoms with van der Waals surface area (Å²) in [5, 5.41) is 0. The Labute approximate surface area is 249 Å². The van der Waals surface area contributed by atoms with Gasteiger partial charge in [0.25, 0.3) is 5.56 Å². The van der Waals surface area contributed by atoms with E-state index in [0.29, 0.717) is 44.6 Å². The molecule has 1 aliphatic rings. The maximum atomic E-state index is 13.9. The molecule has 0 radical (unpaired) electrons. The molecule has 42 heavy (non-hydrogen) atoms. The molecular weight excluding hydrogens is 548 g/mol. The molecule has 5 rings (SSSR count).